The highest BCUT2D eigenvalue weighted by Gasteiger charge is 2.18. The zero-order chi connectivity index (χ0) is 22.9. The summed E-state index contributed by atoms with van der Waals surface area (Å²) in [6.45, 7) is 1.27. The Bertz CT molecular complexity index is 1130. The number of anilines is 1. The van der Waals surface area contributed by atoms with Crippen molar-refractivity contribution in [3.63, 3.8) is 0 Å². The Kier molecular flexibility index (Phi) is 7.48. The molecule has 1 heterocycles. The van der Waals surface area contributed by atoms with E-state index in [1.54, 1.807) is 36.4 Å². The van der Waals surface area contributed by atoms with Gasteiger partial charge in [0.2, 0.25) is 0 Å². The van der Waals surface area contributed by atoms with Crippen LogP contribution in [0.1, 0.15) is 6.92 Å². The summed E-state index contributed by atoms with van der Waals surface area (Å²) in [5.41, 5.74) is 2.72. The molecule has 7 heteroatoms. The zero-order valence-corrected chi connectivity index (χ0v) is 18.1. The smallest absolute Gasteiger partial charge is 0.279 e. The van der Waals surface area contributed by atoms with Crippen LogP contribution in [0.15, 0.2) is 107 Å². The molecule has 1 aromatic rings. The number of benzene rings is 1. The predicted molar refractivity (Wildman–Crippen MR) is 128 cm³/mol. The van der Waals surface area contributed by atoms with Gasteiger partial charge >= 0.3 is 0 Å². The molecule has 0 saturated carbocycles. The summed E-state index contributed by atoms with van der Waals surface area (Å²) in [6.07, 6.45) is 19.3. The van der Waals surface area contributed by atoms with Gasteiger partial charge in [-0.05, 0) is 48.1 Å². The van der Waals surface area contributed by atoms with E-state index < -0.39 is 11.7 Å². The number of allylic oxidation sites excluding steroid dienone is 10. The fourth-order valence-corrected chi connectivity index (χ4v) is 2.86. The van der Waals surface area contributed by atoms with Crippen LogP contribution in [0.5, 0.6) is 5.75 Å². The van der Waals surface area contributed by atoms with E-state index in [0.29, 0.717) is 17.1 Å². The molecule has 1 amide bonds. The maximum absolute atomic E-state index is 12.6. The van der Waals surface area contributed by atoms with E-state index in [9.17, 15) is 9.59 Å². The Labute approximate surface area is 187 Å². The molecule has 1 aliphatic heterocycles. The maximum Gasteiger partial charge on any atom is 0.279 e. The summed E-state index contributed by atoms with van der Waals surface area (Å²) in [5.74, 6) is -0.661. The molecule has 0 spiro atoms. The lowest BCUT2D eigenvalue weighted by molar-refractivity contribution is -0.114. The van der Waals surface area contributed by atoms with Crippen molar-refractivity contribution in [1.29, 1.82) is 0 Å². The molecule has 3 rings (SSSR count). The van der Waals surface area contributed by atoms with Gasteiger partial charge in [-0.25, -0.2) is 0 Å². The number of hydrogen-bond donors (Lipinski definition) is 1. The number of rotatable bonds is 6. The quantitative estimate of drug-likeness (QED) is 0.422. The average Bonchev–Trinajstić information content (AvgIpc) is 2.79. The maximum atomic E-state index is 12.6. The molecule has 1 aromatic carbocycles. The van der Waals surface area contributed by atoms with Gasteiger partial charge in [0, 0.05) is 25.9 Å². The second-order valence-corrected chi connectivity index (χ2v) is 6.92. The third-order valence-electron chi connectivity index (χ3n) is 4.60. The lowest BCUT2D eigenvalue weighted by Gasteiger charge is -2.17. The van der Waals surface area contributed by atoms with Crippen LogP contribution in [-0.2, 0) is 9.59 Å². The number of Topliss-reactive ketones (excluding diaryl/α,β-unsaturated/α-hetero) is 1. The number of carbonyl (C=O) groups excluding carboxylic acids is 2. The summed E-state index contributed by atoms with van der Waals surface area (Å²) in [6, 6.07) is 6.91. The zero-order valence-electron chi connectivity index (χ0n) is 18.1. The molecule has 2 aliphatic rings. The van der Waals surface area contributed by atoms with E-state index >= 15 is 0 Å². The number of nitrogens with zero attached hydrogens (tertiary/aromatic N) is 3. The van der Waals surface area contributed by atoms with Crippen molar-refractivity contribution in [3.05, 3.63) is 96.4 Å². The Hall–Kier alpha value is -4.26. The fourth-order valence-electron chi connectivity index (χ4n) is 2.86. The van der Waals surface area contributed by atoms with Gasteiger partial charge in [-0.15, -0.1) is 5.10 Å². The molecule has 162 valence electrons. The van der Waals surface area contributed by atoms with Crippen molar-refractivity contribution in [2.75, 3.05) is 19.5 Å². The number of para-hydroxylation sites is 2. The summed E-state index contributed by atoms with van der Waals surface area (Å²) >= 11 is 0. The first-order chi connectivity index (χ1) is 15.5. The highest BCUT2D eigenvalue weighted by atomic mass is 16.5. The Morgan fingerprint density at radius 1 is 1.03 bits per heavy atom. The van der Waals surface area contributed by atoms with Crippen LogP contribution >= 0.6 is 0 Å². The van der Waals surface area contributed by atoms with E-state index in [0.717, 1.165) is 11.3 Å². The van der Waals surface area contributed by atoms with Crippen LogP contribution in [0.3, 0.4) is 0 Å². The number of methoxy groups -OCH3 is 1. The molecule has 0 radical (unpaired) electrons. The van der Waals surface area contributed by atoms with Crippen molar-refractivity contribution in [2.24, 2.45) is 10.2 Å². The fraction of sp³-hybridized carbons (Fsp3) is 0.120. The number of amides is 1. The van der Waals surface area contributed by atoms with Crippen molar-refractivity contribution < 1.29 is 14.3 Å². The standard InChI is InChI=1S/C25H24N4O3/c1-18(30)24(25(31)26-22-9-4-5-10-23(22)32-3)28-27-20-14-11-19(12-15-20)13-16-21-8-6-7-17-29(21)2/h4-17H,1-3H3,(H,26,31). The van der Waals surface area contributed by atoms with Crippen molar-refractivity contribution in [3.8, 4) is 5.75 Å². The third-order valence-corrected chi connectivity index (χ3v) is 4.60. The summed E-state index contributed by atoms with van der Waals surface area (Å²) < 4.78 is 5.21. The first-order valence-electron chi connectivity index (χ1n) is 9.94. The summed E-state index contributed by atoms with van der Waals surface area (Å²) in [7, 11) is 3.48. The molecule has 0 saturated heterocycles. The summed E-state index contributed by atoms with van der Waals surface area (Å²) in [5, 5.41) is 10.6. The van der Waals surface area contributed by atoms with E-state index in [2.05, 4.69) is 15.5 Å². The van der Waals surface area contributed by atoms with E-state index in [1.165, 1.54) is 14.0 Å². The average molecular weight is 428 g/mol. The van der Waals surface area contributed by atoms with Crippen LogP contribution in [0.4, 0.5) is 5.69 Å². The SMILES string of the molecule is COc1ccccc1NC(=O)C(=NN=C1C=CC(=CC=C2C=CC=CN2C)C=C1)C(C)=O. The van der Waals surface area contributed by atoms with Gasteiger partial charge in [0.1, 0.15) is 5.75 Å². The van der Waals surface area contributed by atoms with Crippen LogP contribution in [-0.4, -0.2) is 42.2 Å². The van der Waals surface area contributed by atoms with Gasteiger partial charge in [0.15, 0.2) is 11.5 Å². The minimum atomic E-state index is -0.652. The number of likely N-dealkylation sites (N-methyl/N-ethyl adjacent to an activating group) is 1. The van der Waals surface area contributed by atoms with E-state index in [1.807, 2.05) is 60.7 Å². The highest BCUT2D eigenvalue weighted by Crippen LogP contribution is 2.23. The Morgan fingerprint density at radius 2 is 1.78 bits per heavy atom. The normalized spacial score (nSPS) is 16.4. The number of nitrogens with one attached hydrogen (secondary N) is 1. The Balaban J connectivity index is 1.72. The van der Waals surface area contributed by atoms with Gasteiger partial charge < -0.3 is 15.0 Å². The van der Waals surface area contributed by atoms with Crippen LogP contribution in [0.2, 0.25) is 0 Å². The van der Waals surface area contributed by atoms with Crippen LogP contribution in [0.25, 0.3) is 0 Å². The number of ketones is 1. The van der Waals surface area contributed by atoms with Gasteiger partial charge in [0.05, 0.1) is 18.5 Å². The van der Waals surface area contributed by atoms with Crippen LogP contribution < -0.4 is 10.1 Å². The van der Waals surface area contributed by atoms with E-state index in [4.69, 9.17) is 4.74 Å². The van der Waals surface area contributed by atoms with E-state index in [-0.39, 0.29) is 5.71 Å². The number of ether oxygens (including phenoxy) is 1. The van der Waals surface area contributed by atoms with Gasteiger partial charge in [-0.3, -0.25) is 9.59 Å². The molecule has 0 fully saturated rings. The number of carbonyl (C=O) groups is 2. The van der Waals surface area contributed by atoms with Crippen molar-refractivity contribution in [1.82, 2.24) is 4.90 Å². The van der Waals surface area contributed by atoms with Gasteiger partial charge in [0.25, 0.3) is 5.91 Å². The number of hydrogen-bond acceptors (Lipinski definition) is 6. The predicted octanol–water partition coefficient (Wildman–Crippen LogP) is 3.97. The van der Waals surface area contributed by atoms with Crippen molar-refractivity contribution in [2.45, 2.75) is 6.92 Å². The largest absolute Gasteiger partial charge is 0.495 e. The van der Waals surface area contributed by atoms with Crippen LogP contribution in [0, 0.1) is 0 Å². The topological polar surface area (TPSA) is 83.4 Å². The molecule has 0 unspecified atom stereocenters. The minimum Gasteiger partial charge on any atom is -0.495 e. The van der Waals surface area contributed by atoms with Gasteiger partial charge in [-0.2, -0.15) is 5.10 Å². The second-order valence-electron chi connectivity index (χ2n) is 6.92. The monoisotopic (exact) mass is 428 g/mol. The molecule has 1 aliphatic carbocycles. The molecule has 0 atom stereocenters. The lowest BCUT2D eigenvalue weighted by atomic mass is 10.1. The molecule has 0 bridgehead atoms. The first kappa shape index (κ1) is 22.4. The molecule has 32 heavy (non-hydrogen) atoms. The Morgan fingerprint density at radius 3 is 2.47 bits per heavy atom. The molecule has 1 N–H and O–H groups in total. The second kappa shape index (κ2) is 10.7. The first-order valence-corrected chi connectivity index (χ1v) is 9.94. The minimum absolute atomic E-state index is 0.295. The molecule has 7 nitrogen and oxygen atoms in total. The molecule has 0 aromatic heterocycles. The highest BCUT2D eigenvalue weighted by molar-refractivity contribution is 6.67. The molecular formula is C25H24N4O3. The third kappa shape index (κ3) is 5.89. The van der Waals surface area contributed by atoms with Crippen molar-refractivity contribution >= 4 is 28.8 Å². The molecular weight excluding hydrogens is 404 g/mol. The lowest BCUT2D eigenvalue weighted by Crippen LogP contribution is -2.28. The van der Waals surface area contributed by atoms with Gasteiger partial charge in [-0.1, -0.05) is 36.4 Å². The summed E-state index contributed by atoms with van der Waals surface area (Å²) in [4.78, 5) is 26.5.